The van der Waals surface area contributed by atoms with Gasteiger partial charge in [0.2, 0.25) is 5.91 Å². The van der Waals surface area contributed by atoms with Gasteiger partial charge in [-0.25, -0.2) is 0 Å². The highest BCUT2D eigenvalue weighted by Crippen LogP contribution is 2.12. The Balaban J connectivity index is 2.34. The third-order valence-corrected chi connectivity index (χ3v) is 3.57. The van der Waals surface area contributed by atoms with E-state index in [-0.39, 0.29) is 17.4 Å². The average molecular weight is 227 g/mol. The Kier molecular flexibility index (Phi) is 4.74. The number of rotatable bonds is 4. The molecule has 0 aliphatic carbocycles. The number of piperidine rings is 1. The molecule has 0 radical (unpaired) electrons. The van der Waals surface area contributed by atoms with Crippen LogP contribution in [0.2, 0.25) is 0 Å². The number of likely N-dealkylation sites (N-methyl/N-ethyl adjacent to an activating group) is 1. The van der Waals surface area contributed by atoms with Crippen LogP contribution in [0.5, 0.6) is 0 Å². The quantitative estimate of drug-likeness (QED) is 0.732. The summed E-state index contributed by atoms with van der Waals surface area (Å²) in [4.78, 5) is 14.0. The molecular weight excluding hydrogens is 202 g/mol. The highest BCUT2D eigenvalue weighted by Gasteiger charge is 2.25. The van der Waals surface area contributed by atoms with Gasteiger partial charge in [-0.3, -0.25) is 4.79 Å². The van der Waals surface area contributed by atoms with Gasteiger partial charge >= 0.3 is 0 Å². The van der Waals surface area contributed by atoms with Gasteiger partial charge < -0.3 is 15.5 Å². The van der Waals surface area contributed by atoms with Crippen molar-refractivity contribution in [3.8, 4) is 0 Å². The second-order valence-corrected chi connectivity index (χ2v) is 5.47. The number of amides is 1. The van der Waals surface area contributed by atoms with Crippen LogP contribution in [0, 0.1) is 5.92 Å². The number of carbonyl (C=O) groups excluding carboxylic acids is 1. The molecule has 94 valence electrons. The average Bonchev–Trinajstić information content (AvgIpc) is 2.27. The summed E-state index contributed by atoms with van der Waals surface area (Å²) in [7, 11) is 4.07. The normalized spacial score (nSPS) is 22.2. The van der Waals surface area contributed by atoms with Gasteiger partial charge in [-0.1, -0.05) is 0 Å². The van der Waals surface area contributed by atoms with E-state index in [2.05, 4.69) is 29.4 Å². The molecule has 4 heteroatoms. The summed E-state index contributed by atoms with van der Waals surface area (Å²) >= 11 is 0. The van der Waals surface area contributed by atoms with Gasteiger partial charge in [0.15, 0.2) is 0 Å². The maximum Gasteiger partial charge on any atom is 0.224 e. The van der Waals surface area contributed by atoms with Crippen LogP contribution in [0.3, 0.4) is 0 Å². The van der Waals surface area contributed by atoms with E-state index >= 15 is 0 Å². The highest BCUT2D eigenvalue weighted by atomic mass is 16.1. The summed E-state index contributed by atoms with van der Waals surface area (Å²) in [6, 6.07) is 0. The van der Waals surface area contributed by atoms with Crippen LogP contribution >= 0.6 is 0 Å². The van der Waals surface area contributed by atoms with Crippen LogP contribution in [-0.4, -0.2) is 50.1 Å². The lowest BCUT2D eigenvalue weighted by atomic mass is 9.98. The van der Waals surface area contributed by atoms with Gasteiger partial charge in [-0.2, -0.15) is 0 Å². The zero-order valence-electron chi connectivity index (χ0n) is 11.0. The molecule has 0 aromatic rings. The fourth-order valence-corrected chi connectivity index (χ4v) is 1.68. The molecule has 1 rings (SSSR count). The number of hydrogen-bond donors (Lipinski definition) is 2. The van der Waals surface area contributed by atoms with Gasteiger partial charge in [-0.05, 0) is 47.3 Å². The zero-order chi connectivity index (χ0) is 12.2. The molecule has 0 spiro atoms. The van der Waals surface area contributed by atoms with Crippen LogP contribution in [0.4, 0.5) is 0 Å². The van der Waals surface area contributed by atoms with E-state index < -0.39 is 0 Å². The summed E-state index contributed by atoms with van der Waals surface area (Å²) in [5.74, 6) is 0.355. The fourth-order valence-electron chi connectivity index (χ4n) is 1.68. The van der Waals surface area contributed by atoms with Crippen molar-refractivity contribution in [3.63, 3.8) is 0 Å². The Morgan fingerprint density at radius 2 is 2.19 bits per heavy atom. The Labute approximate surface area is 98.8 Å². The molecule has 1 fully saturated rings. The second-order valence-electron chi connectivity index (χ2n) is 5.47. The molecule has 0 unspecified atom stereocenters. The Morgan fingerprint density at radius 1 is 1.50 bits per heavy atom. The predicted molar refractivity (Wildman–Crippen MR) is 66.4 cm³/mol. The molecular formula is C12H25N3O. The lowest BCUT2D eigenvalue weighted by Crippen LogP contribution is -2.50. The minimum Gasteiger partial charge on any atom is -0.354 e. The predicted octanol–water partition coefficient (Wildman–Crippen LogP) is 0.442. The maximum absolute atomic E-state index is 11.9. The van der Waals surface area contributed by atoms with Crippen molar-refractivity contribution in [3.05, 3.63) is 0 Å². The van der Waals surface area contributed by atoms with Crippen molar-refractivity contribution < 1.29 is 4.79 Å². The second kappa shape index (κ2) is 5.64. The first kappa shape index (κ1) is 13.5. The molecule has 0 saturated carbocycles. The van der Waals surface area contributed by atoms with Crippen molar-refractivity contribution in [1.29, 1.82) is 0 Å². The van der Waals surface area contributed by atoms with Crippen molar-refractivity contribution in [2.75, 3.05) is 33.7 Å². The summed E-state index contributed by atoms with van der Waals surface area (Å²) in [5, 5.41) is 6.32. The smallest absolute Gasteiger partial charge is 0.224 e. The first-order valence-corrected chi connectivity index (χ1v) is 6.09. The van der Waals surface area contributed by atoms with Crippen molar-refractivity contribution in [1.82, 2.24) is 15.5 Å². The number of hydrogen-bond acceptors (Lipinski definition) is 3. The topological polar surface area (TPSA) is 44.4 Å². The van der Waals surface area contributed by atoms with Gasteiger partial charge in [-0.15, -0.1) is 0 Å². The SMILES string of the molecule is CN(C)C(C)(C)CNC(=O)[C@H]1CCCNC1. The lowest BCUT2D eigenvalue weighted by Gasteiger charge is -2.33. The number of nitrogens with zero attached hydrogens (tertiary/aromatic N) is 1. The van der Waals surface area contributed by atoms with Crippen LogP contribution in [0.25, 0.3) is 0 Å². The van der Waals surface area contributed by atoms with E-state index in [0.29, 0.717) is 6.54 Å². The van der Waals surface area contributed by atoms with Crippen LogP contribution in [-0.2, 0) is 4.79 Å². The van der Waals surface area contributed by atoms with Crippen LogP contribution < -0.4 is 10.6 Å². The Bertz CT molecular complexity index is 232. The molecule has 16 heavy (non-hydrogen) atoms. The monoisotopic (exact) mass is 227 g/mol. The highest BCUT2D eigenvalue weighted by molar-refractivity contribution is 5.79. The standard InChI is InChI=1S/C12H25N3O/c1-12(2,15(3)4)9-14-11(16)10-6-5-7-13-8-10/h10,13H,5-9H2,1-4H3,(H,14,16)/t10-/m0/s1. The van der Waals surface area contributed by atoms with Gasteiger partial charge in [0.1, 0.15) is 0 Å². The van der Waals surface area contributed by atoms with Gasteiger partial charge in [0, 0.05) is 18.6 Å². The minimum absolute atomic E-state index is 0.0117. The van der Waals surface area contributed by atoms with Crippen LogP contribution in [0.15, 0.2) is 0 Å². The van der Waals surface area contributed by atoms with E-state index in [0.717, 1.165) is 25.9 Å². The number of carbonyl (C=O) groups is 1. The van der Waals surface area contributed by atoms with Crippen molar-refractivity contribution in [2.45, 2.75) is 32.2 Å². The zero-order valence-corrected chi connectivity index (χ0v) is 11.0. The van der Waals surface area contributed by atoms with Gasteiger partial charge in [0.05, 0.1) is 5.92 Å². The Morgan fingerprint density at radius 3 is 2.69 bits per heavy atom. The lowest BCUT2D eigenvalue weighted by molar-refractivity contribution is -0.126. The summed E-state index contributed by atoms with van der Waals surface area (Å²) in [6.45, 7) is 6.84. The number of nitrogens with one attached hydrogen (secondary N) is 2. The summed E-state index contributed by atoms with van der Waals surface area (Å²) in [6.07, 6.45) is 2.12. The molecule has 1 amide bonds. The molecule has 4 nitrogen and oxygen atoms in total. The Hall–Kier alpha value is -0.610. The molecule has 1 aliphatic rings. The molecule has 1 saturated heterocycles. The molecule has 1 heterocycles. The third-order valence-electron chi connectivity index (χ3n) is 3.57. The summed E-state index contributed by atoms with van der Waals surface area (Å²) < 4.78 is 0. The largest absolute Gasteiger partial charge is 0.354 e. The van der Waals surface area contributed by atoms with Crippen LogP contribution in [0.1, 0.15) is 26.7 Å². The third kappa shape index (κ3) is 3.76. The summed E-state index contributed by atoms with van der Waals surface area (Å²) in [5.41, 5.74) is 0.0117. The first-order chi connectivity index (χ1) is 7.43. The molecule has 0 aromatic carbocycles. The van der Waals surface area contributed by atoms with Crippen molar-refractivity contribution >= 4 is 5.91 Å². The minimum atomic E-state index is 0.0117. The van der Waals surface area contributed by atoms with E-state index in [1.807, 2.05) is 14.1 Å². The maximum atomic E-state index is 11.9. The molecule has 0 bridgehead atoms. The first-order valence-electron chi connectivity index (χ1n) is 6.09. The molecule has 1 atom stereocenters. The fraction of sp³-hybridized carbons (Fsp3) is 0.917. The molecule has 0 aromatic heterocycles. The van der Waals surface area contributed by atoms with E-state index in [1.165, 1.54) is 0 Å². The van der Waals surface area contributed by atoms with E-state index in [9.17, 15) is 4.79 Å². The molecule has 2 N–H and O–H groups in total. The van der Waals surface area contributed by atoms with E-state index in [1.54, 1.807) is 0 Å². The van der Waals surface area contributed by atoms with E-state index in [4.69, 9.17) is 0 Å². The molecule has 1 aliphatic heterocycles. The van der Waals surface area contributed by atoms with Crippen molar-refractivity contribution in [2.24, 2.45) is 5.92 Å². The van der Waals surface area contributed by atoms with Gasteiger partial charge in [0.25, 0.3) is 0 Å².